The van der Waals surface area contributed by atoms with Gasteiger partial charge in [0.05, 0.1) is 5.92 Å². The van der Waals surface area contributed by atoms with E-state index in [2.05, 4.69) is 25.3 Å². The first-order chi connectivity index (χ1) is 5.45. The highest BCUT2D eigenvalue weighted by Crippen LogP contribution is 2.32. The van der Waals surface area contributed by atoms with Crippen molar-refractivity contribution in [3.8, 4) is 0 Å². The maximum Gasteiger partial charge on any atom is 0.310 e. The summed E-state index contributed by atoms with van der Waals surface area (Å²) in [4.78, 5) is 11.2. The standard InChI is InChI=1S/C8H14O2S2/c1-8(2,12)6-3-5(4-11)7(9)10-6/h5-6,11-12H,3-4H2,1-2H3/t5-,6+/m0/s1. The fourth-order valence-corrected chi connectivity index (χ4v) is 1.68. The van der Waals surface area contributed by atoms with Gasteiger partial charge in [-0.15, -0.1) is 0 Å². The summed E-state index contributed by atoms with van der Waals surface area (Å²) in [6, 6.07) is 0. The molecule has 0 aromatic carbocycles. The molecule has 0 spiro atoms. The number of carbonyl (C=O) groups is 1. The third-order valence-electron chi connectivity index (χ3n) is 2.10. The first-order valence-corrected chi connectivity index (χ1v) is 5.07. The van der Waals surface area contributed by atoms with Gasteiger partial charge in [-0.1, -0.05) is 0 Å². The maximum atomic E-state index is 11.2. The maximum absolute atomic E-state index is 11.2. The normalized spacial score (nSPS) is 30.5. The molecule has 0 bridgehead atoms. The third kappa shape index (κ3) is 2.10. The van der Waals surface area contributed by atoms with Crippen LogP contribution in [0.4, 0.5) is 0 Å². The number of esters is 1. The number of hydrogen-bond acceptors (Lipinski definition) is 4. The molecular weight excluding hydrogens is 192 g/mol. The average molecular weight is 206 g/mol. The highest BCUT2D eigenvalue weighted by Gasteiger charge is 2.40. The van der Waals surface area contributed by atoms with Crippen LogP contribution in [-0.2, 0) is 9.53 Å². The Bertz CT molecular complexity index is 186. The number of ether oxygens (including phenoxy) is 1. The summed E-state index contributed by atoms with van der Waals surface area (Å²) in [5.41, 5.74) is 0. The lowest BCUT2D eigenvalue weighted by molar-refractivity contribution is -0.144. The van der Waals surface area contributed by atoms with E-state index in [4.69, 9.17) is 4.74 Å². The quantitative estimate of drug-likeness (QED) is 0.530. The Hall–Kier alpha value is 0.170. The summed E-state index contributed by atoms with van der Waals surface area (Å²) in [6.07, 6.45) is 0.684. The van der Waals surface area contributed by atoms with Crippen molar-refractivity contribution in [1.82, 2.24) is 0 Å². The van der Waals surface area contributed by atoms with Crippen molar-refractivity contribution in [3.05, 3.63) is 0 Å². The van der Waals surface area contributed by atoms with Crippen molar-refractivity contribution in [2.24, 2.45) is 5.92 Å². The lowest BCUT2D eigenvalue weighted by atomic mass is 9.99. The van der Waals surface area contributed by atoms with Crippen molar-refractivity contribution in [2.45, 2.75) is 31.1 Å². The molecule has 0 N–H and O–H groups in total. The summed E-state index contributed by atoms with van der Waals surface area (Å²) in [7, 11) is 0. The average Bonchev–Trinajstić information content (AvgIpc) is 2.29. The van der Waals surface area contributed by atoms with Crippen LogP contribution in [-0.4, -0.2) is 22.6 Å². The minimum Gasteiger partial charge on any atom is -0.461 e. The molecule has 1 saturated heterocycles. The lowest BCUT2D eigenvalue weighted by Crippen LogP contribution is -2.30. The Labute approximate surface area is 83.9 Å². The molecule has 1 heterocycles. The van der Waals surface area contributed by atoms with Gasteiger partial charge in [-0.2, -0.15) is 25.3 Å². The van der Waals surface area contributed by atoms with Gasteiger partial charge in [0.25, 0.3) is 0 Å². The van der Waals surface area contributed by atoms with Gasteiger partial charge in [0.15, 0.2) is 0 Å². The minimum atomic E-state index is -0.243. The van der Waals surface area contributed by atoms with E-state index in [1.54, 1.807) is 0 Å². The summed E-state index contributed by atoms with van der Waals surface area (Å²) >= 11 is 8.45. The Morgan fingerprint density at radius 2 is 2.25 bits per heavy atom. The zero-order valence-corrected chi connectivity index (χ0v) is 9.07. The Balaban J connectivity index is 2.60. The molecule has 1 aliphatic heterocycles. The molecular formula is C8H14O2S2. The number of hydrogen-bond donors (Lipinski definition) is 2. The highest BCUT2D eigenvalue weighted by molar-refractivity contribution is 7.81. The molecule has 12 heavy (non-hydrogen) atoms. The zero-order chi connectivity index (χ0) is 9.35. The first-order valence-electron chi connectivity index (χ1n) is 3.99. The van der Waals surface area contributed by atoms with E-state index in [9.17, 15) is 4.79 Å². The summed E-state index contributed by atoms with van der Waals surface area (Å²) in [5, 5.41) is 0. The zero-order valence-electron chi connectivity index (χ0n) is 7.28. The summed E-state index contributed by atoms with van der Waals surface area (Å²) < 4.78 is 4.92. The van der Waals surface area contributed by atoms with Crippen LogP contribution < -0.4 is 0 Å². The third-order valence-corrected chi connectivity index (χ3v) is 2.83. The number of thiol groups is 2. The predicted molar refractivity (Wildman–Crippen MR) is 54.9 cm³/mol. The van der Waals surface area contributed by atoms with Crippen LogP contribution in [0.15, 0.2) is 0 Å². The highest BCUT2D eigenvalue weighted by atomic mass is 32.1. The molecule has 0 saturated carbocycles. The molecule has 4 heteroatoms. The van der Waals surface area contributed by atoms with E-state index in [1.807, 2.05) is 13.8 Å². The molecule has 1 aliphatic rings. The first kappa shape index (κ1) is 10.3. The van der Waals surface area contributed by atoms with Crippen LogP contribution in [0.2, 0.25) is 0 Å². The smallest absolute Gasteiger partial charge is 0.310 e. The van der Waals surface area contributed by atoms with Crippen LogP contribution >= 0.6 is 25.3 Å². The summed E-state index contributed by atoms with van der Waals surface area (Å²) in [5.74, 6) is 0.404. The summed E-state index contributed by atoms with van der Waals surface area (Å²) in [6.45, 7) is 3.91. The van der Waals surface area contributed by atoms with Crippen LogP contribution in [0.3, 0.4) is 0 Å². The molecule has 0 unspecified atom stereocenters. The number of rotatable bonds is 2. The Morgan fingerprint density at radius 1 is 1.67 bits per heavy atom. The van der Waals surface area contributed by atoms with Crippen molar-refractivity contribution in [2.75, 3.05) is 5.75 Å². The predicted octanol–water partition coefficient (Wildman–Crippen LogP) is 1.56. The fraction of sp³-hybridized carbons (Fsp3) is 0.875. The van der Waals surface area contributed by atoms with Crippen molar-refractivity contribution in [1.29, 1.82) is 0 Å². The van der Waals surface area contributed by atoms with Gasteiger partial charge in [0.1, 0.15) is 6.10 Å². The van der Waals surface area contributed by atoms with Crippen LogP contribution in [0.25, 0.3) is 0 Å². The van der Waals surface area contributed by atoms with Gasteiger partial charge >= 0.3 is 5.97 Å². The SMILES string of the molecule is CC(C)(S)[C@H]1C[C@@H](CS)C(=O)O1. The van der Waals surface area contributed by atoms with Gasteiger partial charge in [0, 0.05) is 10.5 Å². The fourth-order valence-electron chi connectivity index (χ4n) is 1.22. The van der Waals surface area contributed by atoms with Crippen molar-refractivity contribution in [3.63, 3.8) is 0 Å². The second kappa shape index (κ2) is 3.50. The van der Waals surface area contributed by atoms with Gasteiger partial charge in [0.2, 0.25) is 0 Å². The minimum absolute atomic E-state index is 0.0373. The molecule has 2 atom stereocenters. The van der Waals surface area contributed by atoms with Gasteiger partial charge < -0.3 is 4.74 Å². The molecule has 0 aromatic rings. The molecule has 70 valence electrons. The van der Waals surface area contributed by atoms with Gasteiger partial charge in [-0.3, -0.25) is 4.79 Å². The van der Waals surface area contributed by atoms with E-state index >= 15 is 0 Å². The second-order valence-electron chi connectivity index (χ2n) is 3.69. The molecule has 0 amide bonds. The molecule has 0 aromatic heterocycles. The van der Waals surface area contributed by atoms with Crippen LogP contribution in [0, 0.1) is 5.92 Å². The van der Waals surface area contributed by atoms with Gasteiger partial charge in [-0.05, 0) is 20.3 Å². The van der Waals surface area contributed by atoms with Crippen molar-refractivity contribution < 1.29 is 9.53 Å². The lowest BCUT2D eigenvalue weighted by Gasteiger charge is -2.23. The van der Waals surface area contributed by atoms with E-state index in [-0.39, 0.29) is 22.7 Å². The molecule has 0 radical (unpaired) electrons. The molecule has 1 fully saturated rings. The second-order valence-corrected chi connectivity index (χ2v) is 5.21. The van der Waals surface area contributed by atoms with Crippen LogP contribution in [0.5, 0.6) is 0 Å². The monoisotopic (exact) mass is 206 g/mol. The largest absolute Gasteiger partial charge is 0.461 e. The molecule has 2 nitrogen and oxygen atoms in total. The van der Waals surface area contributed by atoms with Crippen molar-refractivity contribution >= 4 is 31.2 Å². The topological polar surface area (TPSA) is 26.3 Å². The van der Waals surface area contributed by atoms with E-state index in [1.165, 1.54) is 0 Å². The van der Waals surface area contributed by atoms with E-state index in [0.717, 1.165) is 6.42 Å². The van der Waals surface area contributed by atoms with E-state index < -0.39 is 0 Å². The Morgan fingerprint density at radius 3 is 2.50 bits per heavy atom. The van der Waals surface area contributed by atoms with E-state index in [0.29, 0.717) is 5.75 Å². The molecule has 0 aliphatic carbocycles. The van der Waals surface area contributed by atoms with Crippen LogP contribution in [0.1, 0.15) is 20.3 Å². The number of carbonyl (C=O) groups excluding carboxylic acids is 1. The Kier molecular flexibility index (Phi) is 2.99. The molecule has 1 rings (SSSR count). The van der Waals surface area contributed by atoms with Gasteiger partial charge in [-0.25, -0.2) is 0 Å². The number of cyclic esters (lactones) is 1.